The molecule has 0 bridgehead atoms. The van der Waals surface area contributed by atoms with Crippen molar-refractivity contribution in [1.82, 2.24) is 19.6 Å². The third kappa shape index (κ3) is 4.42. The van der Waals surface area contributed by atoms with Crippen molar-refractivity contribution in [3.05, 3.63) is 77.0 Å². The molecule has 0 spiro atoms. The Morgan fingerprint density at radius 2 is 1.86 bits per heavy atom. The van der Waals surface area contributed by atoms with Gasteiger partial charge in [0.05, 0.1) is 25.2 Å². The van der Waals surface area contributed by atoms with Gasteiger partial charge in [0.1, 0.15) is 10.2 Å². The normalized spacial score (nSPS) is 11.1. The molecule has 0 unspecified atom stereocenters. The number of esters is 1. The molecule has 0 aliphatic carbocycles. The van der Waals surface area contributed by atoms with Crippen LogP contribution in [-0.4, -0.2) is 46.8 Å². The summed E-state index contributed by atoms with van der Waals surface area (Å²) < 4.78 is 13.3. The molecule has 9 heteroatoms. The lowest BCUT2D eigenvalue weighted by atomic mass is 10.1. The summed E-state index contributed by atoms with van der Waals surface area (Å²) in [5, 5.41) is 5.65. The Morgan fingerprint density at radius 1 is 1.09 bits per heavy atom. The number of rotatable bonds is 6. The Bertz CT molecular complexity index is 1550. The van der Waals surface area contributed by atoms with Crippen molar-refractivity contribution >= 4 is 44.3 Å². The fourth-order valence-electron chi connectivity index (χ4n) is 3.84. The molecule has 0 saturated heterocycles. The van der Waals surface area contributed by atoms with Crippen molar-refractivity contribution in [3.63, 3.8) is 0 Å². The van der Waals surface area contributed by atoms with Crippen LogP contribution in [0.25, 0.3) is 27.7 Å². The molecule has 0 fully saturated rings. The predicted octanol–water partition coefficient (Wildman–Crippen LogP) is 5.28. The van der Waals surface area contributed by atoms with Crippen LogP contribution in [0.15, 0.2) is 71.5 Å². The number of anilines is 1. The van der Waals surface area contributed by atoms with Crippen LogP contribution in [0, 0.1) is 0 Å². The predicted molar refractivity (Wildman–Crippen MR) is 138 cm³/mol. The first kappa shape index (κ1) is 22.8. The molecule has 0 atom stereocenters. The van der Waals surface area contributed by atoms with Gasteiger partial charge in [-0.15, -0.1) is 0 Å². The Morgan fingerprint density at radius 3 is 2.60 bits per heavy atom. The molecule has 0 aliphatic rings. The van der Waals surface area contributed by atoms with Gasteiger partial charge in [-0.3, -0.25) is 9.78 Å². The zero-order valence-corrected chi connectivity index (χ0v) is 21.0. The molecule has 35 heavy (non-hydrogen) atoms. The molecule has 8 nitrogen and oxygen atoms in total. The van der Waals surface area contributed by atoms with Crippen molar-refractivity contribution in [2.45, 2.75) is 6.42 Å². The van der Waals surface area contributed by atoms with Crippen LogP contribution in [0.1, 0.15) is 5.56 Å². The lowest BCUT2D eigenvalue weighted by molar-refractivity contribution is -0.139. The summed E-state index contributed by atoms with van der Waals surface area (Å²) in [4.78, 5) is 22.9. The first-order valence-electron chi connectivity index (χ1n) is 10.9. The van der Waals surface area contributed by atoms with Crippen LogP contribution < -0.4 is 9.64 Å². The van der Waals surface area contributed by atoms with Gasteiger partial charge in [-0.1, -0.05) is 30.3 Å². The monoisotopic (exact) mass is 531 g/mol. The second-order valence-electron chi connectivity index (χ2n) is 8.16. The molecule has 3 heterocycles. The van der Waals surface area contributed by atoms with Gasteiger partial charge in [-0.25, -0.2) is 0 Å². The van der Waals surface area contributed by atoms with Gasteiger partial charge in [0, 0.05) is 36.8 Å². The highest BCUT2D eigenvalue weighted by atomic mass is 79.9. The molecular formula is C26H22BrN5O3. The second-order valence-corrected chi connectivity index (χ2v) is 8.95. The number of halogens is 1. The standard InChI is InChI=1S/C26H22BrN5O3/c1-31(2)26-23(27)25(35-19-10-8-16(9-11-19)12-22(33)34-3)30-24-20(15-29-32(24)26)18-13-17-6-4-5-7-21(17)28-14-18/h4-11,13-15H,12H2,1-3H3. The Labute approximate surface area is 210 Å². The molecule has 5 aromatic rings. The van der Waals surface area contributed by atoms with Crippen molar-refractivity contribution < 1.29 is 14.3 Å². The Balaban J connectivity index is 1.57. The zero-order valence-electron chi connectivity index (χ0n) is 19.4. The van der Waals surface area contributed by atoms with Crippen LogP contribution >= 0.6 is 15.9 Å². The van der Waals surface area contributed by atoms with Crippen molar-refractivity contribution in [2.75, 3.05) is 26.1 Å². The summed E-state index contributed by atoms with van der Waals surface area (Å²) in [5.41, 5.74) is 4.17. The summed E-state index contributed by atoms with van der Waals surface area (Å²) in [6, 6.07) is 17.3. The molecule has 0 amide bonds. The van der Waals surface area contributed by atoms with Gasteiger partial charge in [0.15, 0.2) is 11.5 Å². The van der Waals surface area contributed by atoms with Crippen LogP contribution in [-0.2, 0) is 16.0 Å². The number of hydrogen-bond donors (Lipinski definition) is 0. The molecule has 3 aromatic heterocycles. The fraction of sp³-hybridized carbons (Fsp3) is 0.154. The van der Waals surface area contributed by atoms with Gasteiger partial charge >= 0.3 is 5.97 Å². The van der Waals surface area contributed by atoms with E-state index >= 15 is 0 Å². The number of fused-ring (bicyclic) bond motifs is 2. The number of nitrogens with zero attached hydrogens (tertiary/aromatic N) is 5. The molecule has 176 valence electrons. The van der Waals surface area contributed by atoms with Crippen molar-refractivity contribution in [1.29, 1.82) is 0 Å². The van der Waals surface area contributed by atoms with E-state index in [0.29, 0.717) is 21.7 Å². The maximum Gasteiger partial charge on any atom is 0.309 e. The number of pyridine rings is 1. The number of hydrogen-bond acceptors (Lipinski definition) is 7. The highest BCUT2D eigenvalue weighted by Crippen LogP contribution is 2.38. The first-order chi connectivity index (χ1) is 16.9. The third-order valence-electron chi connectivity index (χ3n) is 5.58. The van der Waals surface area contributed by atoms with Gasteiger partial charge < -0.3 is 14.4 Å². The van der Waals surface area contributed by atoms with E-state index in [4.69, 9.17) is 14.5 Å². The minimum Gasteiger partial charge on any atom is -0.469 e. The number of ether oxygens (including phenoxy) is 2. The highest BCUT2D eigenvalue weighted by Gasteiger charge is 2.21. The summed E-state index contributed by atoms with van der Waals surface area (Å²) in [7, 11) is 5.24. The average Bonchev–Trinajstić information content (AvgIpc) is 3.28. The highest BCUT2D eigenvalue weighted by molar-refractivity contribution is 9.10. The van der Waals surface area contributed by atoms with Gasteiger partial charge in [-0.05, 0) is 45.8 Å². The Kier molecular flexibility index (Phi) is 6.08. The first-order valence-corrected chi connectivity index (χ1v) is 11.7. The quantitative estimate of drug-likeness (QED) is 0.275. The maximum absolute atomic E-state index is 11.5. The van der Waals surface area contributed by atoms with E-state index in [2.05, 4.69) is 32.1 Å². The van der Waals surface area contributed by atoms with Crippen molar-refractivity contribution in [3.8, 4) is 22.8 Å². The summed E-state index contributed by atoms with van der Waals surface area (Å²) in [5.74, 6) is 1.49. The summed E-state index contributed by atoms with van der Waals surface area (Å²) in [6.45, 7) is 0. The molecule has 5 rings (SSSR count). The maximum atomic E-state index is 11.5. The molecule has 0 aliphatic heterocycles. The topological polar surface area (TPSA) is 81.8 Å². The van der Waals surface area contributed by atoms with E-state index in [1.807, 2.05) is 61.6 Å². The third-order valence-corrected chi connectivity index (χ3v) is 6.27. The van der Waals surface area contributed by atoms with E-state index in [0.717, 1.165) is 33.4 Å². The number of carbonyl (C=O) groups is 1. The van der Waals surface area contributed by atoms with Crippen LogP contribution in [0.5, 0.6) is 11.6 Å². The van der Waals surface area contributed by atoms with Gasteiger partial charge in [-0.2, -0.15) is 14.6 Å². The van der Waals surface area contributed by atoms with Crippen molar-refractivity contribution in [2.24, 2.45) is 0 Å². The molecule has 0 saturated carbocycles. The van der Waals surface area contributed by atoms with E-state index in [1.165, 1.54) is 7.11 Å². The second kappa shape index (κ2) is 9.34. The Hall–Kier alpha value is -3.98. The summed E-state index contributed by atoms with van der Waals surface area (Å²) in [6.07, 6.45) is 3.83. The number of aromatic nitrogens is 4. The largest absolute Gasteiger partial charge is 0.469 e. The zero-order chi connectivity index (χ0) is 24.5. The van der Waals surface area contributed by atoms with E-state index in [9.17, 15) is 4.79 Å². The van der Waals surface area contributed by atoms with Crippen LogP contribution in [0.2, 0.25) is 0 Å². The molecule has 0 radical (unpaired) electrons. The minimum absolute atomic E-state index is 0.203. The number of carbonyl (C=O) groups excluding carboxylic acids is 1. The smallest absolute Gasteiger partial charge is 0.309 e. The van der Waals surface area contributed by atoms with E-state index < -0.39 is 0 Å². The van der Waals surface area contributed by atoms with Crippen LogP contribution in [0.4, 0.5) is 5.82 Å². The van der Waals surface area contributed by atoms with Gasteiger partial charge in [0.25, 0.3) is 0 Å². The SMILES string of the molecule is COC(=O)Cc1ccc(Oc2nc3c(-c4cnc5ccccc5c4)cnn3c(N(C)C)c2Br)cc1. The fourth-order valence-corrected chi connectivity index (χ4v) is 4.53. The molecule has 2 aromatic carbocycles. The van der Waals surface area contributed by atoms with Gasteiger partial charge in [0.2, 0.25) is 5.88 Å². The van der Waals surface area contributed by atoms with E-state index in [1.54, 1.807) is 22.8 Å². The number of para-hydroxylation sites is 1. The number of methoxy groups -OCH3 is 1. The molecule has 0 N–H and O–H groups in total. The van der Waals surface area contributed by atoms with E-state index in [-0.39, 0.29) is 12.4 Å². The average molecular weight is 532 g/mol. The lowest BCUT2D eigenvalue weighted by Crippen LogP contribution is -2.15. The molecular weight excluding hydrogens is 510 g/mol. The number of benzene rings is 2. The minimum atomic E-state index is -0.291. The van der Waals surface area contributed by atoms with Crippen LogP contribution in [0.3, 0.4) is 0 Å². The lowest BCUT2D eigenvalue weighted by Gasteiger charge is -2.18. The summed E-state index contributed by atoms with van der Waals surface area (Å²) >= 11 is 3.65.